The minimum atomic E-state index is -0.942. The highest BCUT2D eigenvalue weighted by molar-refractivity contribution is 5.87. The number of carboxylic acids is 1. The number of rotatable bonds is 5. The molecule has 4 rings (SSSR count). The van der Waals surface area contributed by atoms with Crippen LogP contribution < -0.4 is 0 Å². The molecule has 0 saturated heterocycles. The van der Waals surface area contributed by atoms with Gasteiger partial charge in [0.25, 0.3) is 0 Å². The van der Waals surface area contributed by atoms with Gasteiger partial charge in [-0.3, -0.25) is 0 Å². The first-order valence-corrected chi connectivity index (χ1v) is 8.85. The molecule has 1 N–H and O–H groups in total. The van der Waals surface area contributed by atoms with Crippen molar-refractivity contribution in [2.24, 2.45) is 0 Å². The van der Waals surface area contributed by atoms with E-state index in [-0.39, 0.29) is 5.92 Å². The Labute approximate surface area is 157 Å². The summed E-state index contributed by atoms with van der Waals surface area (Å²) in [5.41, 5.74) is 4.32. The minimum absolute atomic E-state index is 0.142. The van der Waals surface area contributed by atoms with Crippen molar-refractivity contribution in [1.82, 2.24) is 4.57 Å². The van der Waals surface area contributed by atoms with Crippen LogP contribution in [0.2, 0.25) is 0 Å². The summed E-state index contributed by atoms with van der Waals surface area (Å²) in [4.78, 5) is 11.2. The zero-order chi connectivity index (χ0) is 18.6. The third-order valence-corrected chi connectivity index (χ3v) is 4.70. The van der Waals surface area contributed by atoms with Gasteiger partial charge in [-0.15, -0.1) is 0 Å². The van der Waals surface area contributed by atoms with Gasteiger partial charge in [0.2, 0.25) is 0 Å². The molecule has 132 valence electrons. The first kappa shape index (κ1) is 16.9. The van der Waals surface area contributed by atoms with Crippen LogP contribution in [-0.2, 0) is 4.79 Å². The molecule has 1 heterocycles. The van der Waals surface area contributed by atoms with E-state index in [1.54, 1.807) is 6.08 Å². The van der Waals surface area contributed by atoms with E-state index < -0.39 is 5.97 Å². The largest absolute Gasteiger partial charge is 0.478 e. The normalized spacial score (nSPS) is 12.4. The molecule has 0 aliphatic heterocycles. The number of hydrogen-bond acceptors (Lipinski definition) is 1. The number of allylic oxidation sites excluding steroid dienone is 1. The Bertz CT molecular complexity index is 1100. The van der Waals surface area contributed by atoms with E-state index in [4.69, 9.17) is 5.11 Å². The number of nitrogens with zero attached hydrogens (tertiary/aromatic N) is 1. The summed E-state index contributed by atoms with van der Waals surface area (Å²) in [6, 6.07) is 28.4. The third kappa shape index (κ3) is 3.40. The number of carboxylic acid groups (broad SMARTS) is 1. The van der Waals surface area contributed by atoms with E-state index in [0.29, 0.717) is 0 Å². The SMILES string of the molecule is O=C(O)/C=C\C(c1ccccc1)c1cn(-c2ccccc2)c2ccccc12. The maximum absolute atomic E-state index is 11.2. The van der Waals surface area contributed by atoms with Crippen LogP contribution in [0.15, 0.2) is 103 Å². The number of fused-ring (bicyclic) bond motifs is 1. The molecule has 0 aliphatic carbocycles. The first-order valence-electron chi connectivity index (χ1n) is 8.85. The Hall–Kier alpha value is -3.59. The molecule has 0 radical (unpaired) electrons. The van der Waals surface area contributed by atoms with Crippen LogP contribution in [0.1, 0.15) is 17.0 Å². The van der Waals surface area contributed by atoms with Crippen LogP contribution in [0.4, 0.5) is 0 Å². The minimum Gasteiger partial charge on any atom is -0.478 e. The fraction of sp³-hybridized carbons (Fsp3) is 0.0417. The van der Waals surface area contributed by atoms with Crippen molar-refractivity contribution in [2.75, 3.05) is 0 Å². The Morgan fingerprint density at radius 3 is 2.19 bits per heavy atom. The van der Waals surface area contributed by atoms with Gasteiger partial charge in [0.05, 0.1) is 5.52 Å². The summed E-state index contributed by atoms with van der Waals surface area (Å²) in [5.74, 6) is -1.08. The molecule has 1 unspecified atom stereocenters. The molecular formula is C24H19NO2. The van der Waals surface area contributed by atoms with Gasteiger partial charge in [-0.25, -0.2) is 4.79 Å². The lowest BCUT2D eigenvalue weighted by atomic mass is 9.90. The maximum atomic E-state index is 11.2. The van der Waals surface area contributed by atoms with Crippen LogP contribution in [0.25, 0.3) is 16.6 Å². The summed E-state index contributed by atoms with van der Waals surface area (Å²) >= 11 is 0. The highest BCUT2D eigenvalue weighted by Gasteiger charge is 2.18. The topological polar surface area (TPSA) is 42.2 Å². The smallest absolute Gasteiger partial charge is 0.328 e. The van der Waals surface area contributed by atoms with Crippen LogP contribution in [0.3, 0.4) is 0 Å². The molecule has 0 spiro atoms. The second-order valence-corrected chi connectivity index (χ2v) is 6.39. The van der Waals surface area contributed by atoms with Gasteiger partial charge in [-0.05, 0) is 29.3 Å². The van der Waals surface area contributed by atoms with Gasteiger partial charge >= 0.3 is 5.97 Å². The molecule has 27 heavy (non-hydrogen) atoms. The summed E-state index contributed by atoms with van der Waals surface area (Å²) in [5, 5.41) is 10.3. The Kier molecular flexibility index (Phi) is 4.58. The lowest BCUT2D eigenvalue weighted by Gasteiger charge is -2.12. The molecule has 0 aliphatic rings. The maximum Gasteiger partial charge on any atom is 0.328 e. The molecular weight excluding hydrogens is 334 g/mol. The number of carbonyl (C=O) groups is 1. The molecule has 0 bridgehead atoms. The van der Waals surface area contributed by atoms with Gasteiger partial charge in [0, 0.05) is 29.3 Å². The van der Waals surface area contributed by atoms with Crippen LogP contribution in [-0.4, -0.2) is 15.6 Å². The zero-order valence-electron chi connectivity index (χ0n) is 14.7. The predicted molar refractivity (Wildman–Crippen MR) is 108 cm³/mol. The quantitative estimate of drug-likeness (QED) is 0.488. The van der Waals surface area contributed by atoms with E-state index >= 15 is 0 Å². The van der Waals surface area contributed by atoms with E-state index in [1.807, 2.05) is 60.7 Å². The van der Waals surface area contributed by atoms with Gasteiger partial charge in [-0.1, -0.05) is 72.8 Å². The number of benzene rings is 3. The Morgan fingerprint density at radius 2 is 1.48 bits per heavy atom. The fourth-order valence-electron chi connectivity index (χ4n) is 3.49. The van der Waals surface area contributed by atoms with Crippen molar-refractivity contribution in [1.29, 1.82) is 0 Å². The number of aromatic nitrogens is 1. The van der Waals surface area contributed by atoms with Gasteiger partial charge < -0.3 is 9.67 Å². The second kappa shape index (κ2) is 7.34. The molecule has 4 aromatic rings. The summed E-state index contributed by atoms with van der Waals surface area (Å²) < 4.78 is 2.16. The standard InChI is InChI=1S/C24H19NO2/c26-24(27)16-15-20(18-9-3-1-4-10-18)22-17-25(19-11-5-2-6-12-19)23-14-8-7-13-21(22)23/h1-17,20H,(H,26,27)/b16-15-. The van der Waals surface area contributed by atoms with Crippen molar-refractivity contribution in [3.8, 4) is 5.69 Å². The molecule has 1 aromatic heterocycles. The van der Waals surface area contributed by atoms with E-state index in [0.717, 1.165) is 27.7 Å². The van der Waals surface area contributed by atoms with E-state index in [2.05, 4.69) is 35.0 Å². The first-order chi connectivity index (χ1) is 13.2. The monoisotopic (exact) mass is 353 g/mol. The van der Waals surface area contributed by atoms with Crippen molar-refractivity contribution < 1.29 is 9.90 Å². The fourth-order valence-corrected chi connectivity index (χ4v) is 3.49. The second-order valence-electron chi connectivity index (χ2n) is 6.39. The number of para-hydroxylation sites is 2. The third-order valence-electron chi connectivity index (χ3n) is 4.70. The molecule has 0 amide bonds. The average molecular weight is 353 g/mol. The van der Waals surface area contributed by atoms with Gasteiger partial charge in [0.1, 0.15) is 0 Å². The van der Waals surface area contributed by atoms with Crippen molar-refractivity contribution in [2.45, 2.75) is 5.92 Å². The molecule has 1 atom stereocenters. The molecule has 3 heteroatoms. The van der Waals surface area contributed by atoms with E-state index in [9.17, 15) is 4.79 Å². The van der Waals surface area contributed by atoms with Crippen molar-refractivity contribution in [3.63, 3.8) is 0 Å². The number of aliphatic carboxylic acids is 1. The van der Waals surface area contributed by atoms with E-state index in [1.165, 1.54) is 6.08 Å². The average Bonchev–Trinajstić information content (AvgIpc) is 3.09. The summed E-state index contributed by atoms with van der Waals surface area (Å²) in [6.07, 6.45) is 5.10. The highest BCUT2D eigenvalue weighted by atomic mass is 16.4. The van der Waals surface area contributed by atoms with Crippen molar-refractivity contribution >= 4 is 16.9 Å². The number of hydrogen-bond donors (Lipinski definition) is 1. The van der Waals surface area contributed by atoms with Gasteiger partial charge in [0.15, 0.2) is 0 Å². The molecule has 3 aromatic carbocycles. The molecule has 3 nitrogen and oxygen atoms in total. The zero-order valence-corrected chi connectivity index (χ0v) is 14.7. The van der Waals surface area contributed by atoms with Crippen LogP contribution in [0.5, 0.6) is 0 Å². The van der Waals surface area contributed by atoms with Crippen molar-refractivity contribution in [3.05, 3.63) is 114 Å². The van der Waals surface area contributed by atoms with Gasteiger partial charge in [-0.2, -0.15) is 0 Å². The lowest BCUT2D eigenvalue weighted by Crippen LogP contribution is -1.99. The Balaban J connectivity index is 1.94. The van der Waals surface area contributed by atoms with Crippen LogP contribution in [0, 0.1) is 0 Å². The summed E-state index contributed by atoms with van der Waals surface area (Å²) in [7, 11) is 0. The van der Waals surface area contributed by atoms with Crippen LogP contribution >= 0.6 is 0 Å². The Morgan fingerprint density at radius 1 is 0.852 bits per heavy atom. The molecule has 0 saturated carbocycles. The lowest BCUT2D eigenvalue weighted by molar-refractivity contribution is -0.131. The predicted octanol–water partition coefficient (Wildman–Crippen LogP) is 5.40. The molecule has 0 fully saturated rings. The summed E-state index contributed by atoms with van der Waals surface area (Å²) in [6.45, 7) is 0. The highest BCUT2D eigenvalue weighted by Crippen LogP contribution is 2.34.